The van der Waals surface area contributed by atoms with Crippen molar-refractivity contribution in [2.75, 3.05) is 0 Å². The molecule has 5 heteroatoms. The third kappa shape index (κ3) is 9.11. The molecule has 8 rings (SSSR count). The van der Waals surface area contributed by atoms with Crippen LogP contribution in [-0.4, -0.2) is 19.6 Å². The van der Waals surface area contributed by atoms with Gasteiger partial charge in [0.1, 0.15) is 11.6 Å². The van der Waals surface area contributed by atoms with E-state index in [1.165, 1.54) is 5.56 Å². The molecule has 0 aliphatic heterocycles. The molecule has 0 saturated heterocycles. The molecule has 0 unspecified atom stereocenters. The number of phenolic OH excluding ortho intramolecular Hbond substituents is 1. The minimum absolute atomic E-state index is 0. The van der Waals surface area contributed by atoms with Gasteiger partial charge >= 0.3 is 0 Å². The molecule has 8 aromatic rings. The molecule has 0 fully saturated rings. The molecular formula is C58H60N3OPt-. The van der Waals surface area contributed by atoms with Gasteiger partial charge < -0.3 is 5.11 Å². The van der Waals surface area contributed by atoms with Gasteiger partial charge in [0.2, 0.25) is 0 Å². The largest absolute Gasteiger partial charge is 0.507 e. The Kier molecular flexibility index (Phi) is 11.1. The molecule has 63 heavy (non-hydrogen) atoms. The van der Waals surface area contributed by atoms with Gasteiger partial charge in [-0.15, -0.1) is 29.3 Å². The number of aromatic nitrogens is 3. The number of pyridine rings is 1. The number of aromatic hydroxyl groups is 1. The standard InChI is InChI=1S/C58H60N3O.Pt/c1-55(2,3)42-26-27-50(46(34-42)38-22-17-14-18-23-38)61-51-25-19-24-45(52(51)60-54(61)47-35-44(57(7,8)9)36-48(53(47)62)58(10,11)12)40-30-41(32-43(31-40)56(4,5)6)49-33-39(28-29-59-49)37-20-15-13-16-21-37;/h13-29,31-36,62H,1-12H3;/q-1;/i33D,35D,36D;. The third-order valence-electron chi connectivity index (χ3n) is 11.6. The van der Waals surface area contributed by atoms with Crippen LogP contribution in [0.4, 0.5) is 0 Å². The minimum Gasteiger partial charge on any atom is -0.507 e. The van der Waals surface area contributed by atoms with E-state index in [1.54, 1.807) is 6.20 Å². The Balaban J connectivity index is 0.00000648. The summed E-state index contributed by atoms with van der Waals surface area (Å²) < 4.78 is 31.0. The zero-order chi connectivity index (χ0) is 47.0. The molecule has 1 N–H and O–H groups in total. The molecule has 0 amide bonds. The maximum absolute atomic E-state index is 12.6. The summed E-state index contributed by atoms with van der Waals surface area (Å²) >= 11 is 0. The molecule has 0 atom stereocenters. The number of nitrogens with zero attached hydrogens (tertiary/aromatic N) is 3. The van der Waals surface area contributed by atoms with Crippen LogP contribution in [0.2, 0.25) is 0 Å². The van der Waals surface area contributed by atoms with Gasteiger partial charge in [-0.05, 0) is 79.8 Å². The Morgan fingerprint density at radius 3 is 1.78 bits per heavy atom. The Bertz CT molecular complexity index is 3070. The number of phenols is 1. The second-order valence-electron chi connectivity index (χ2n) is 20.7. The van der Waals surface area contributed by atoms with Gasteiger partial charge in [0, 0.05) is 44.1 Å². The van der Waals surface area contributed by atoms with Crippen LogP contribution in [0, 0.1) is 6.07 Å². The van der Waals surface area contributed by atoms with Crippen LogP contribution in [-0.2, 0) is 42.7 Å². The number of fused-ring (bicyclic) bond motifs is 1. The van der Waals surface area contributed by atoms with Gasteiger partial charge in [-0.1, -0.05) is 185 Å². The maximum atomic E-state index is 12.6. The van der Waals surface area contributed by atoms with Crippen molar-refractivity contribution in [3.8, 4) is 67.5 Å². The van der Waals surface area contributed by atoms with E-state index in [0.717, 1.165) is 50.1 Å². The van der Waals surface area contributed by atoms with Crippen LogP contribution < -0.4 is 0 Å². The molecule has 6 aromatic carbocycles. The summed E-state index contributed by atoms with van der Waals surface area (Å²) in [4.78, 5) is 10.3. The smallest absolute Gasteiger partial charge is 0.148 e. The first-order valence-electron chi connectivity index (χ1n) is 23.2. The Morgan fingerprint density at radius 2 is 1.16 bits per heavy atom. The number of hydrogen-bond donors (Lipinski definition) is 1. The van der Waals surface area contributed by atoms with E-state index in [9.17, 15) is 9.22 Å². The fraction of sp³-hybridized carbons (Fsp3) is 0.276. The number of para-hydroxylation sites is 1. The molecule has 4 nitrogen and oxygen atoms in total. The van der Waals surface area contributed by atoms with Crippen molar-refractivity contribution in [1.29, 1.82) is 0 Å². The average molecular weight is 1010 g/mol. The van der Waals surface area contributed by atoms with E-state index in [0.29, 0.717) is 39.8 Å². The number of hydrogen-bond acceptors (Lipinski definition) is 3. The number of imidazole rings is 1. The van der Waals surface area contributed by atoms with Crippen LogP contribution in [0.1, 0.15) is 109 Å². The number of benzene rings is 6. The molecule has 324 valence electrons. The second-order valence-corrected chi connectivity index (χ2v) is 20.7. The third-order valence-corrected chi connectivity index (χ3v) is 11.6. The molecule has 2 aromatic heterocycles. The molecule has 0 aliphatic rings. The summed E-state index contributed by atoms with van der Waals surface area (Å²) in [5.74, 6) is 0.298. The quantitative estimate of drug-likeness (QED) is 0.169. The van der Waals surface area contributed by atoms with Crippen LogP contribution in [0.25, 0.3) is 72.7 Å². The van der Waals surface area contributed by atoms with E-state index < -0.39 is 10.8 Å². The first kappa shape index (κ1) is 41.4. The van der Waals surface area contributed by atoms with Crippen molar-refractivity contribution in [3.05, 3.63) is 168 Å². The van der Waals surface area contributed by atoms with E-state index in [1.807, 2.05) is 102 Å². The molecular weight excluding hydrogens is 950 g/mol. The molecule has 0 radical (unpaired) electrons. The SMILES string of the molecule is [2H]c1c(-c2ccccc2)ccnc1-c1[c-]c(-c2cccc3c2nc(-c2c([2H])c(C(C)(C)C)c([2H])c(C(C)(C)C)c2O)n3-c2ccc(C(C)(C)C)cc2-c2ccccc2)cc(C(C)(C)C)c1.[Pt]. The molecule has 2 heterocycles. The summed E-state index contributed by atoms with van der Waals surface area (Å²) in [6.07, 6.45) is 1.77. The van der Waals surface area contributed by atoms with Gasteiger partial charge in [-0.25, -0.2) is 4.98 Å². The second kappa shape index (κ2) is 16.9. The van der Waals surface area contributed by atoms with Crippen molar-refractivity contribution in [1.82, 2.24) is 14.5 Å². The van der Waals surface area contributed by atoms with Crippen molar-refractivity contribution in [3.63, 3.8) is 0 Å². The van der Waals surface area contributed by atoms with Gasteiger partial charge in [-0.3, -0.25) is 9.55 Å². The van der Waals surface area contributed by atoms with Gasteiger partial charge in [0.05, 0.1) is 26.4 Å². The summed E-state index contributed by atoms with van der Waals surface area (Å²) in [7, 11) is 0. The predicted octanol–water partition coefficient (Wildman–Crippen LogP) is 15.4. The Labute approximate surface area is 394 Å². The summed E-state index contributed by atoms with van der Waals surface area (Å²) in [5.41, 5.74) is 10.7. The van der Waals surface area contributed by atoms with Crippen molar-refractivity contribution < 1.29 is 30.3 Å². The van der Waals surface area contributed by atoms with Crippen LogP contribution >= 0.6 is 0 Å². The molecule has 0 bridgehead atoms. The fourth-order valence-corrected chi connectivity index (χ4v) is 7.97. The summed E-state index contributed by atoms with van der Waals surface area (Å²) in [6.45, 7) is 25.2. The van der Waals surface area contributed by atoms with E-state index in [2.05, 4.69) is 107 Å². The molecule has 0 saturated carbocycles. The summed E-state index contributed by atoms with van der Waals surface area (Å²) in [5, 5.41) is 12.6. The Hall–Kier alpha value is -5.57. The molecule has 0 aliphatic carbocycles. The average Bonchev–Trinajstić information content (AvgIpc) is 3.61. The van der Waals surface area contributed by atoms with Crippen LogP contribution in [0.5, 0.6) is 5.75 Å². The zero-order valence-corrected chi connectivity index (χ0v) is 40.9. The van der Waals surface area contributed by atoms with Crippen molar-refractivity contribution in [2.24, 2.45) is 0 Å². The summed E-state index contributed by atoms with van der Waals surface area (Å²) in [6, 6.07) is 43.4. The van der Waals surface area contributed by atoms with Crippen LogP contribution in [0.15, 0.2) is 140 Å². The first-order valence-corrected chi connectivity index (χ1v) is 21.7. The fourth-order valence-electron chi connectivity index (χ4n) is 7.97. The van der Waals surface area contributed by atoms with Crippen LogP contribution in [0.3, 0.4) is 0 Å². The van der Waals surface area contributed by atoms with Gasteiger partial charge in [0.15, 0.2) is 0 Å². The zero-order valence-electron chi connectivity index (χ0n) is 41.7. The van der Waals surface area contributed by atoms with E-state index >= 15 is 0 Å². The van der Waals surface area contributed by atoms with Gasteiger partial charge in [0.25, 0.3) is 0 Å². The Morgan fingerprint density at radius 1 is 0.540 bits per heavy atom. The number of rotatable bonds is 6. The van der Waals surface area contributed by atoms with E-state index in [4.69, 9.17) is 9.97 Å². The minimum atomic E-state index is -0.628. The van der Waals surface area contributed by atoms with Crippen molar-refractivity contribution >= 4 is 11.0 Å². The van der Waals surface area contributed by atoms with E-state index in [-0.39, 0.29) is 55.3 Å². The topological polar surface area (TPSA) is 50.9 Å². The van der Waals surface area contributed by atoms with Crippen molar-refractivity contribution in [2.45, 2.75) is 105 Å². The first-order chi connectivity index (χ1) is 30.5. The predicted molar refractivity (Wildman–Crippen MR) is 261 cm³/mol. The van der Waals surface area contributed by atoms with Gasteiger partial charge in [-0.2, -0.15) is 0 Å². The maximum Gasteiger partial charge on any atom is 0.148 e. The molecule has 0 spiro atoms. The normalized spacial score (nSPS) is 13.0. The monoisotopic (exact) mass is 1010 g/mol.